The van der Waals surface area contributed by atoms with Crippen molar-refractivity contribution in [3.63, 3.8) is 0 Å². The molecule has 1 rings (SSSR count). The topological polar surface area (TPSA) is 88.2 Å². The van der Waals surface area contributed by atoms with E-state index >= 15 is 0 Å². The van der Waals surface area contributed by atoms with E-state index in [9.17, 15) is 4.79 Å². The first kappa shape index (κ1) is 13.6. The fraction of sp³-hybridized carbons (Fsp3) is 0.455. The Hall–Kier alpha value is -1.49. The maximum atomic E-state index is 10.3. The van der Waals surface area contributed by atoms with Crippen LogP contribution in [0.1, 0.15) is 25.7 Å². The van der Waals surface area contributed by atoms with Gasteiger partial charge in [0.05, 0.1) is 10.7 Å². The number of unbranched alkanes of at least 4 members (excludes halogenated alkanes) is 2. The SMILES string of the molecule is Nc1cc(Cl)cnc1NCCCCCC(=O)O. The Morgan fingerprint density at radius 2 is 2.24 bits per heavy atom. The third-order valence-electron chi connectivity index (χ3n) is 2.24. The Bertz CT molecular complexity index is 385. The first-order chi connectivity index (χ1) is 8.09. The van der Waals surface area contributed by atoms with Gasteiger partial charge >= 0.3 is 5.97 Å². The van der Waals surface area contributed by atoms with Crippen molar-refractivity contribution in [3.8, 4) is 0 Å². The number of carboxylic acids is 1. The Labute approximate surface area is 105 Å². The first-order valence-electron chi connectivity index (χ1n) is 5.46. The molecule has 5 nitrogen and oxygen atoms in total. The number of carbonyl (C=O) groups is 1. The van der Waals surface area contributed by atoms with Crippen LogP contribution in [-0.2, 0) is 4.79 Å². The molecule has 0 amide bonds. The molecule has 0 radical (unpaired) electrons. The van der Waals surface area contributed by atoms with E-state index in [0.717, 1.165) is 19.4 Å². The molecule has 4 N–H and O–H groups in total. The Kier molecular flexibility index (Phi) is 5.56. The third-order valence-corrected chi connectivity index (χ3v) is 2.45. The number of aliphatic carboxylic acids is 1. The van der Waals surface area contributed by atoms with E-state index in [0.29, 0.717) is 22.9 Å². The summed E-state index contributed by atoms with van der Waals surface area (Å²) in [5.41, 5.74) is 6.23. The average molecular weight is 258 g/mol. The molecule has 0 aliphatic carbocycles. The van der Waals surface area contributed by atoms with Gasteiger partial charge in [0.25, 0.3) is 0 Å². The predicted molar refractivity (Wildman–Crippen MR) is 68.3 cm³/mol. The molecular weight excluding hydrogens is 242 g/mol. The number of carboxylic acid groups (broad SMARTS) is 1. The van der Waals surface area contributed by atoms with E-state index in [4.69, 9.17) is 22.4 Å². The van der Waals surface area contributed by atoms with Crippen LogP contribution in [0.25, 0.3) is 0 Å². The van der Waals surface area contributed by atoms with Crippen LogP contribution in [0.4, 0.5) is 11.5 Å². The quantitative estimate of drug-likeness (QED) is 0.653. The van der Waals surface area contributed by atoms with E-state index in [1.807, 2.05) is 0 Å². The molecule has 0 aliphatic heterocycles. The lowest BCUT2D eigenvalue weighted by Crippen LogP contribution is -2.06. The molecular formula is C11H16ClN3O2. The molecule has 0 unspecified atom stereocenters. The molecule has 0 saturated carbocycles. The van der Waals surface area contributed by atoms with Gasteiger partial charge in [0.1, 0.15) is 5.82 Å². The molecule has 0 spiro atoms. The Morgan fingerprint density at radius 3 is 2.88 bits per heavy atom. The summed E-state index contributed by atoms with van der Waals surface area (Å²) in [5, 5.41) is 12.1. The van der Waals surface area contributed by atoms with Crippen LogP contribution in [-0.4, -0.2) is 22.6 Å². The van der Waals surface area contributed by atoms with Gasteiger partial charge in [-0.25, -0.2) is 4.98 Å². The van der Waals surface area contributed by atoms with Gasteiger partial charge in [0.2, 0.25) is 0 Å². The minimum absolute atomic E-state index is 0.224. The molecule has 94 valence electrons. The molecule has 6 heteroatoms. The largest absolute Gasteiger partial charge is 0.481 e. The van der Waals surface area contributed by atoms with Crippen molar-refractivity contribution < 1.29 is 9.90 Å². The number of nitrogens with zero attached hydrogens (tertiary/aromatic N) is 1. The number of aromatic nitrogens is 1. The van der Waals surface area contributed by atoms with E-state index in [-0.39, 0.29) is 6.42 Å². The lowest BCUT2D eigenvalue weighted by Gasteiger charge is -2.07. The molecule has 1 heterocycles. The van der Waals surface area contributed by atoms with Gasteiger partial charge in [-0.05, 0) is 18.9 Å². The average Bonchev–Trinajstić information content (AvgIpc) is 2.25. The summed E-state index contributed by atoms with van der Waals surface area (Å²) in [6.45, 7) is 0.721. The van der Waals surface area contributed by atoms with Gasteiger partial charge in [-0.15, -0.1) is 0 Å². The van der Waals surface area contributed by atoms with Crippen molar-refractivity contribution in [2.45, 2.75) is 25.7 Å². The van der Waals surface area contributed by atoms with Crippen LogP contribution >= 0.6 is 11.6 Å². The standard InChI is InChI=1S/C11H16ClN3O2/c12-8-6-9(13)11(15-7-8)14-5-3-1-2-4-10(16)17/h6-7H,1-5,13H2,(H,14,15)(H,16,17). The molecule has 17 heavy (non-hydrogen) atoms. The summed E-state index contributed by atoms with van der Waals surface area (Å²) in [7, 11) is 0. The number of pyridine rings is 1. The molecule has 0 bridgehead atoms. The monoisotopic (exact) mass is 257 g/mol. The maximum absolute atomic E-state index is 10.3. The van der Waals surface area contributed by atoms with Crippen LogP contribution in [0.15, 0.2) is 12.3 Å². The lowest BCUT2D eigenvalue weighted by molar-refractivity contribution is -0.137. The number of hydrogen-bond donors (Lipinski definition) is 3. The second-order valence-corrected chi connectivity index (χ2v) is 4.16. The molecule has 0 fully saturated rings. The van der Waals surface area contributed by atoms with Crippen molar-refractivity contribution in [2.75, 3.05) is 17.6 Å². The zero-order valence-electron chi connectivity index (χ0n) is 9.45. The van der Waals surface area contributed by atoms with E-state index in [1.54, 1.807) is 6.07 Å². The second kappa shape index (κ2) is 6.96. The zero-order chi connectivity index (χ0) is 12.7. The van der Waals surface area contributed by atoms with E-state index in [2.05, 4.69) is 10.3 Å². The number of anilines is 2. The van der Waals surface area contributed by atoms with Crippen molar-refractivity contribution in [3.05, 3.63) is 17.3 Å². The van der Waals surface area contributed by atoms with Crippen LogP contribution in [0.3, 0.4) is 0 Å². The fourth-order valence-electron chi connectivity index (χ4n) is 1.39. The summed E-state index contributed by atoms with van der Waals surface area (Å²) in [6, 6.07) is 1.64. The molecule has 0 saturated heterocycles. The number of nitrogens with one attached hydrogen (secondary N) is 1. The van der Waals surface area contributed by atoms with Gasteiger partial charge in [0, 0.05) is 19.2 Å². The highest BCUT2D eigenvalue weighted by molar-refractivity contribution is 6.30. The predicted octanol–water partition coefficient (Wildman–Crippen LogP) is 2.37. The van der Waals surface area contributed by atoms with E-state index < -0.39 is 5.97 Å². The highest BCUT2D eigenvalue weighted by atomic mass is 35.5. The number of halogens is 1. The van der Waals surface area contributed by atoms with Crippen LogP contribution in [0, 0.1) is 0 Å². The third kappa shape index (κ3) is 5.40. The van der Waals surface area contributed by atoms with Crippen LogP contribution < -0.4 is 11.1 Å². The minimum Gasteiger partial charge on any atom is -0.481 e. The Morgan fingerprint density at radius 1 is 1.47 bits per heavy atom. The number of hydrogen-bond acceptors (Lipinski definition) is 4. The number of nitrogens with two attached hydrogens (primary N) is 1. The van der Waals surface area contributed by atoms with Crippen molar-refractivity contribution in [1.29, 1.82) is 0 Å². The lowest BCUT2D eigenvalue weighted by atomic mass is 10.2. The smallest absolute Gasteiger partial charge is 0.303 e. The van der Waals surface area contributed by atoms with Crippen LogP contribution in [0.5, 0.6) is 0 Å². The molecule has 1 aromatic heterocycles. The first-order valence-corrected chi connectivity index (χ1v) is 5.84. The maximum Gasteiger partial charge on any atom is 0.303 e. The molecule has 0 aliphatic rings. The highest BCUT2D eigenvalue weighted by Crippen LogP contribution is 2.19. The van der Waals surface area contributed by atoms with E-state index in [1.165, 1.54) is 6.20 Å². The molecule has 1 aromatic rings. The summed E-state index contributed by atoms with van der Waals surface area (Å²) in [5.74, 6) is -0.130. The second-order valence-electron chi connectivity index (χ2n) is 3.72. The van der Waals surface area contributed by atoms with Crippen molar-refractivity contribution in [2.24, 2.45) is 0 Å². The van der Waals surface area contributed by atoms with Gasteiger partial charge < -0.3 is 16.2 Å². The fourth-order valence-corrected chi connectivity index (χ4v) is 1.55. The normalized spacial score (nSPS) is 10.2. The summed E-state index contributed by atoms with van der Waals surface area (Å²) in [6.07, 6.45) is 4.20. The number of rotatable bonds is 7. The van der Waals surface area contributed by atoms with Gasteiger partial charge in [-0.2, -0.15) is 0 Å². The zero-order valence-corrected chi connectivity index (χ0v) is 10.2. The summed E-state index contributed by atoms with van der Waals surface area (Å²) in [4.78, 5) is 14.3. The minimum atomic E-state index is -0.749. The van der Waals surface area contributed by atoms with Gasteiger partial charge in [0.15, 0.2) is 0 Å². The van der Waals surface area contributed by atoms with Crippen LogP contribution in [0.2, 0.25) is 5.02 Å². The van der Waals surface area contributed by atoms with Crippen molar-refractivity contribution in [1.82, 2.24) is 4.98 Å². The highest BCUT2D eigenvalue weighted by Gasteiger charge is 2.01. The van der Waals surface area contributed by atoms with Crippen molar-refractivity contribution >= 4 is 29.1 Å². The van der Waals surface area contributed by atoms with Gasteiger partial charge in [-0.1, -0.05) is 18.0 Å². The summed E-state index contributed by atoms with van der Waals surface area (Å²) < 4.78 is 0. The number of nitrogen functional groups attached to an aromatic ring is 1. The Balaban J connectivity index is 2.20. The molecule has 0 aromatic carbocycles. The molecule has 0 atom stereocenters. The van der Waals surface area contributed by atoms with Gasteiger partial charge in [-0.3, -0.25) is 4.79 Å². The summed E-state index contributed by atoms with van der Waals surface area (Å²) >= 11 is 5.72.